The van der Waals surface area contributed by atoms with Crippen LogP contribution < -0.4 is 10.1 Å². The van der Waals surface area contributed by atoms with Crippen LogP contribution in [0, 0.1) is 0 Å². The van der Waals surface area contributed by atoms with Crippen LogP contribution in [0.3, 0.4) is 0 Å². The topological polar surface area (TPSA) is 88.6 Å². The zero-order chi connectivity index (χ0) is 18.0. The number of hydrogen-bond donors (Lipinski definition) is 1. The number of nitrogens with zero attached hydrogens (tertiary/aromatic N) is 2. The maximum absolute atomic E-state index is 12.5. The lowest BCUT2D eigenvalue weighted by atomic mass is 10.2. The third-order valence-corrected chi connectivity index (χ3v) is 6.06. The van der Waals surface area contributed by atoms with Crippen LogP contribution in [0.4, 0.5) is 5.13 Å². The smallest absolute Gasteiger partial charge is 0.261 e. The van der Waals surface area contributed by atoms with E-state index in [4.69, 9.17) is 4.74 Å². The highest BCUT2D eigenvalue weighted by Crippen LogP contribution is 2.30. The average molecular weight is 381 g/mol. The summed E-state index contributed by atoms with van der Waals surface area (Å²) in [6.45, 7) is 3.04. The Bertz CT molecular complexity index is 893. The summed E-state index contributed by atoms with van der Waals surface area (Å²) < 4.78 is 30.3. The van der Waals surface area contributed by atoms with Crippen LogP contribution in [0.15, 0.2) is 24.3 Å². The molecule has 1 N–H and O–H groups in total. The van der Waals surface area contributed by atoms with Gasteiger partial charge in [0.1, 0.15) is 5.75 Å². The number of carbonyl (C=O) groups is 1. The number of thiazole rings is 1. The largest absolute Gasteiger partial charge is 0.493 e. The summed E-state index contributed by atoms with van der Waals surface area (Å²) in [7, 11) is -3.23. The van der Waals surface area contributed by atoms with Crippen molar-refractivity contribution in [2.45, 2.75) is 19.9 Å². The Morgan fingerprint density at radius 1 is 1.40 bits per heavy atom. The number of carbonyl (C=O) groups excluding carboxylic acids is 1. The molecular weight excluding hydrogens is 362 g/mol. The van der Waals surface area contributed by atoms with Gasteiger partial charge in [-0.2, -0.15) is 4.31 Å². The standard InChI is InChI=1S/C16H19N3O4S2/c1-3-23-13-7-5-4-6-11(13)15(20)18-16-17-12-8-9-19(25(2,21)22)10-14(12)24-16/h4-7H,3,8-10H2,1-2H3,(H,17,18,20). The third kappa shape index (κ3) is 4.00. The normalized spacial score (nSPS) is 14.8. The van der Waals surface area contributed by atoms with Gasteiger partial charge < -0.3 is 4.74 Å². The second-order valence-corrected chi connectivity index (χ2v) is 8.68. The van der Waals surface area contributed by atoms with E-state index in [1.165, 1.54) is 21.9 Å². The molecule has 0 aliphatic carbocycles. The molecule has 1 aliphatic heterocycles. The Balaban J connectivity index is 1.77. The fourth-order valence-electron chi connectivity index (χ4n) is 2.61. The van der Waals surface area contributed by atoms with Gasteiger partial charge in [-0.1, -0.05) is 12.1 Å². The molecule has 0 radical (unpaired) electrons. The predicted molar refractivity (Wildman–Crippen MR) is 96.6 cm³/mol. The van der Waals surface area contributed by atoms with Crippen molar-refractivity contribution in [1.29, 1.82) is 0 Å². The van der Waals surface area contributed by atoms with Crippen molar-refractivity contribution in [1.82, 2.24) is 9.29 Å². The molecule has 25 heavy (non-hydrogen) atoms. The highest BCUT2D eigenvalue weighted by atomic mass is 32.2. The Kier molecular flexibility index (Phi) is 5.07. The fraction of sp³-hybridized carbons (Fsp3) is 0.375. The number of fused-ring (bicyclic) bond motifs is 1. The Hall–Kier alpha value is -1.97. The molecule has 9 heteroatoms. The molecular formula is C16H19N3O4S2. The molecule has 0 unspecified atom stereocenters. The summed E-state index contributed by atoms with van der Waals surface area (Å²) in [5.74, 6) is 0.224. The van der Waals surface area contributed by atoms with Crippen molar-refractivity contribution >= 4 is 32.4 Å². The fourth-order valence-corrected chi connectivity index (χ4v) is 4.50. The highest BCUT2D eigenvalue weighted by Gasteiger charge is 2.26. The van der Waals surface area contributed by atoms with Crippen molar-refractivity contribution in [3.05, 3.63) is 40.4 Å². The van der Waals surface area contributed by atoms with Gasteiger partial charge in [0.15, 0.2) is 5.13 Å². The van der Waals surface area contributed by atoms with Crippen LogP contribution in [0.1, 0.15) is 27.9 Å². The minimum Gasteiger partial charge on any atom is -0.493 e. The van der Waals surface area contributed by atoms with Gasteiger partial charge in [0.25, 0.3) is 5.91 Å². The van der Waals surface area contributed by atoms with E-state index in [1.807, 2.05) is 13.0 Å². The van der Waals surface area contributed by atoms with Crippen LogP contribution in [-0.2, 0) is 23.0 Å². The SMILES string of the molecule is CCOc1ccccc1C(=O)Nc1nc2c(s1)CN(S(C)(=O)=O)CC2. The zero-order valence-electron chi connectivity index (χ0n) is 14.0. The van der Waals surface area contributed by atoms with Crippen molar-refractivity contribution in [2.24, 2.45) is 0 Å². The number of benzene rings is 1. The molecule has 134 valence electrons. The van der Waals surface area contributed by atoms with Crippen molar-refractivity contribution in [3.63, 3.8) is 0 Å². The van der Waals surface area contributed by atoms with Crippen LogP contribution in [0.25, 0.3) is 0 Å². The van der Waals surface area contributed by atoms with Gasteiger partial charge >= 0.3 is 0 Å². The molecule has 2 heterocycles. The molecule has 3 rings (SSSR count). The number of rotatable bonds is 5. The van der Waals surface area contributed by atoms with E-state index in [9.17, 15) is 13.2 Å². The van der Waals surface area contributed by atoms with E-state index >= 15 is 0 Å². The Labute approximate surface area is 150 Å². The quantitative estimate of drug-likeness (QED) is 0.857. The number of sulfonamides is 1. The van der Waals surface area contributed by atoms with Crippen LogP contribution >= 0.6 is 11.3 Å². The molecule has 2 aromatic rings. The number of ether oxygens (including phenoxy) is 1. The lowest BCUT2D eigenvalue weighted by Gasteiger charge is -2.23. The number of amides is 1. The van der Waals surface area contributed by atoms with E-state index < -0.39 is 10.0 Å². The minimum atomic E-state index is -3.23. The number of anilines is 1. The van der Waals surface area contributed by atoms with Crippen LogP contribution in [0.5, 0.6) is 5.75 Å². The summed E-state index contributed by atoms with van der Waals surface area (Å²) >= 11 is 1.31. The lowest BCUT2D eigenvalue weighted by Crippen LogP contribution is -2.34. The molecule has 1 aliphatic rings. The van der Waals surface area contributed by atoms with Crippen molar-refractivity contribution < 1.29 is 17.9 Å². The maximum Gasteiger partial charge on any atom is 0.261 e. The highest BCUT2D eigenvalue weighted by molar-refractivity contribution is 7.88. The van der Waals surface area contributed by atoms with E-state index in [2.05, 4.69) is 10.3 Å². The van der Waals surface area contributed by atoms with Gasteiger partial charge in [-0.3, -0.25) is 10.1 Å². The molecule has 1 amide bonds. The first kappa shape index (κ1) is 17.8. The van der Waals surface area contributed by atoms with E-state index in [1.54, 1.807) is 18.2 Å². The second-order valence-electron chi connectivity index (χ2n) is 5.62. The van der Waals surface area contributed by atoms with Crippen molar-refractivity contribution in [2.75, 3.05) is 24.7 Å². The molecule has 0 spiro atoms. The zero-order valence-corrected chi connectivity index (χ0v) is 15.6. The van der Waals surface area contributed by atoms with E-state index in [-0.39, 0.29) is 5.91 Å². The van der Waals surface area contributed by atoms with Crippen LogP contribution in [-0.4, -0.2) is 43.0 Å². The van der Waals surface area contributed by atoms with E-state index in [0.29, 0.717) is 42.6 Å². The number of hydrogen-bond acceptors (Lipinski definition) is 6. The van der Waals surface area contributed by atoms with Gasteiger partial charge in [-0.05, 0) is 19.1 Å². The van der Waals surface area contributed by atoms with E-state index in [0.717, 1.165) is 10.6 Å². The molecule has 0 saturated heterocycles. The molecule has 0 fully saturated rings. The number of nitrogens with one attached hydrogen (secondary N) is 1. The molecule has 0 bridgehead atoms. The lowest BCUT2D eigenvalue weighted by molar-refractivity contribution is 0.102. The Morgan fingerprint density at radius 2 is 2.16 bits per heavy atom. The molecule has 0 atom stereocenters. The third-order valence-electron chi connectivity index (χ3n) is 3.82. The predicted octanol–water partition coefficient (Wildman–Crippen LogP) is 2.11. The van der Waals surface area contributed by atoms with Gasteiger partial charge in [0, 0.05) is 24.4 Å². The summed E-state index contributed by atoms with van der Waals surface area (Å²) in [5, 5.41) is 3.26. The van der Waals surface area contributed by atoms with Crippen molar-refractivity contribution in [3.8, 4) is 5.75 Å². The Morgan fingerprint density at radius 3 is 2.88 bits per heavy atom. The summed E-state index contributed by atoms with van der Waals surface area (Å²) in [5.41, 5.74) is 1.29. The first-order valence-electron chi connectivity index (χ1n) is 7.85. The minimum absolute atomic E-state index is 0.296. The molecule has 7 nitrogen and oxygen atoms in total. The summed E-state index contributed by atoms with van der Waals surface area (Å²) in [6, 6.07) is 7.02. The number of para-hydroxylation sites is 1. The monoisotopic (exact) mass is 381 g/mol. The van der Waals surface area contributed by atoms with Gasteiger partial charge in [-0.25, -0.2) is 13.4 Å². The maximum atomic E-state index is 12.5. The second kappa shape index (κ2) is 7.11. The van der Waals surface area contributed by atoms with Gasteiger partial charge in [0.2, 0.25) is 10.0 Å². The molecule has 0 saturated carbocycles. The van der Waals surface area contributed by atoms with Gasteiger partial charge in [-0.15, -0.1) is 11.3 Å². The van der Waals surface area contributed by atoms with Crippen LogP contribution in [0.2, 0.25) is 0 Å². The number of aromatic nitrogens is 1. The summed E-state index contributed by atoms with van der Waals surface area (Å²) in [4.78, 5) is 17.8. The average Bonchev–Trinajstić information content (AvgIpc) is 2.96. The molecule has 1 aromatic heterocycles. The first-order chi connectivity index (χ1) is 11.9. The molecule has 1 aromatic carbocycles. The summed E-state index contributed by atoms with van der Waals surface area (Å²) in [6.07, 6.45) is 1.75. The first-order valence-corrected chi connectivity index (χ1v) is 10.5. The van der Waals surface area contributed by atoms with Gasteiger partial charge in [0.05, 0.1) is 24.1 Å².